The first-order chi connectivity index (χ1) is 17.8. The first kappa shape index (κ1) is 25.4. The van der Waals surface area contributed by atoms with Crippen molar-refractivity contribution in [2.24, 2.45) is 5.73 Å². The van der Waals surface area contributed by atoms with Crippen molar-refractivity contribution < 1.29 is 27.5 Å². The van der Waals surface area contributed by atoms with Crippen LogP contribution in [-0.4, -0.2) is 23.4 Å². The number of nitrogens with two attached hydrogens (primary N) is 1. The Bertz CT molecular complexity index is 1410. The summed E-state index contributed by atoms with van der Waals surface area (Å²) in [5.74, 6) is -3.26. The molecule has 37 heavy (non-hydrogen) atoms. The van der Waals surface area contributed by atoms with Crippen LogP contribution in [0.25, 0.3) is 11.1 Å². The van der Waals surface area contributed by atoms with Crippen LogP contribution in [-0.2, 0) is 11.2 Å². The van der Waals surface area contributed by atoms with E-state index in [2.05, 4.69) is 10.3 Å². The Labute approximate surface area is 210 Å². The second-order valence-electron chi connectivity index (χ2n) is 8.20. The molecule has 0 unspecified atom stereocenters. The second kappa shape index (κ2) is 11.4. The van der Waals surface area contributed by atoms with Crippen molar-refractivity contribution in [2.45, 2.75) is 12.5 Å². The molecule has 0 aliphatic rings. The standard InChI is InChI=1S/C28H22F3N3O3/c29-19-11-17(12-20(30)15-19)13-25(34-26(35)16-37-21-5-2-1-3-6-21)27-22(7-4-10-33-27)18-8-9-24(31)23(14-18)28(32)36/h1-12,14-15,25H,13,16H2,(H2,32,36)(H,34,35)/t25-/m0/s1. The number of ether oxygens (including phenoxy) is 1. The molecule has 2 amide bonds. The lowest BCUT2D eigenvalue weighted by Gasteiger charge is -2.22. The molecule has 1 aromatic heterocycles. The second-order valence-corrected chi connectivity index (χ2v) is 8.20. The molecule has 4 rings (SSSR count). The van der Waals surface area contributed by atoms with E-state index in [0.717, 1.165) is 24.3 Å². The van der Waals surface area contributed by atoms with Crippen molar-refractivity contribution in [3.05, 3.63) is 119 Å². The third-order valence-corrected chi connectivity index (χ3v) is 5.52. The maximum absolute atomic E-state index is 14.1. The Kier molecular flexibility index (Phi) is 7.83. The molecule has 3 N–H and O–H groups in total. The van der Waals surface area contributed by atoms with Gasteiger partial charge in [0.05, 0.1) is 17.3 Å². The van der Waals surface area contributed by atoms with Crippen LogP contribution >= 0.6 is 0 Å². The number of carbonyl (C=O) groups is 2. The number of nitrogens with one attached hydrogen (secondary N) is 1. The van der Waals surface area contributed by atoms with Crippen molar-refractivity contribution in [3.8, 4) is 16.9 Å². The molecule has 0 spiro atoms. The fourth-order valence-electron chi connectivity index (χ4n) is 3.90. The minimum absolute atomic E-state index is 0.0142. The third-order valence-electron chi connectivity index (χ3n) is 5.52. The summed E-state index contributed by atoms with van der Waals surface area (Å²) in [5, 5.41) is 2.81. The molecule has 0 saturated heterocycles. The molecular formula is C28H22F3N3O3. The van der Waals surface area contributed by atoms with E-state index in [1.54, 1.807) is 36.4 Å². The van der Waals surface area contributed by atoms with Gasteiger partial charge in [0.1, 0.15) is 23.2 Å². The van der Waals surface area contributed by atoms with Gasteiger partial charge in [-0.1, -0.05) is 30.3 Å². The monoisotopic (exact) mass is 505 g/mol. The molecule has 0 radical (unpaired) electrons. The molecule has 0 fully saturated rings. The zero-order valence-corrected chi connectivity index (χ0v) is 19.5. The normalized spacial score (nSPS) is 11.5. The first-order valence-corrected chi connectivity index (χ1v) is 11.3. The molecule has 1 atom stereocenters. The van der Waals surface area contributed by atoms with E-state index in [9.17, 15) is 22.8 Å². The van der Waals surface area contributed by atoms with Gasteiger partial charge >= 0.3 is 0 Å². The summed E-state index contributed by atoms with van der Waals surface area (Å²) in [6, 6.07) is 18.1. The highest BCUT2D eigenvalue weighted by Crippen LogP contribution is 2.30. The number of nitrogens with zero attached hydrogens (tertiary/aromatic N) is 1. The van der Waals surface area contributed by atoms with Crippen LogP contribution in [0.4, 0.5) is 13.2 Å². The molecule has 6 nitrogen and oxygen atoms in total. The van der Waals surface area contributed by atoms with Gasteiger partial charge in [0.25, 0.3) is 11.8 Å². The van der Waals surface area contributed by atoms with Crippen molar-refractivity contribution in [1.82, 2.24) is 10.3 Å². The van der Waals surface area contributed by atoms with Crippen LogP contribution in [0.1, 0.15) is 27.7 Å². The summed E-state index contributed by atoms with van der Waals surface area (Å²) in [6.45, 7) is -0.317. The van der Waals surface area contributed by atoms with Gasteiger partial charge in [0.15, 0.2) is 6.61 Å². The lowest BCUT2D eigenvalue weighted by Crippen LogP contribution is -2.34. The Morgan fingerprint density at radius 2 is 1.65 bits per heavy atom. The molecular weight excluding hydrogens is 483 g/mol. The third kappa shape index (κ3) is 6.52. The van der Waals surface area contributed by atoms with Gasteiger partial charge in [0.2, 0.25) is 0 Å². The van der Waals surface area contributed by atoms with Gasteiger partial charge in [0, 0.05) is 17.8 Å². The van der Waals surface area contributed by atoms with E-state index >= 15 is 0 Å². The predicted octanol–water partition coefficient (Wildman–Crippen LogP) is 4.74. The molecule has 4 aromatic rings. The summed E-state index contributed by atoms with van der Waals surface area (Å²) in [7, 11) is 0. The molecule has 1 heterocycles. The number of carbonyl (C=O) groups excluding carboxylic acids is 2. The molecule has 0 saturated carbocycles. The van der Waals surface area contributed by atoms with Gasteiger partial charge in [-0.25, -0.2) is 13.2 Å². The fraction of sp³-hybridized carbons (Fsp3) is 0.107. The summed E-state index contributed by atoms with van der Waals surface area (Å²) < 4.78 is 47.4. The zero-order valence-electron chi connectivity index (χ0n) is 19.5. The van der Waals surface area contributed by atoms with Crippen LogP contribution in [0.3, 0.4) is 0 Å². The van der Waals surface area contributed by atoms with Crippen molar-refractivity contribution >= 4 is 11.8 Å². The summed E-state index contributed by atoms with van der Waals surface area (Å²) in [6.07, 6.45) is 1.47. The SMILES string of the molecule is NC(=O)c1cc(-c2cccnc2[C@H](Cc2cc(F)cc(F)c2)NC(=O)COc2ccccc2)ccc1F. The highest BCUT2D eigenvalue weighted by molar-refractivity contribution is 5.94. The number of para-hydroxylation sites is 1. The van der Waals surface area contributed by atoms with E-state index < -0.39 is 35.3 Å². The highest BCUT2D eigenvalue weighted by Gasteiger charge is 2.22. The number of hydrogen-bond acceptors (Lipinski definition) is 4. The number of rotatable bonds is 9. The first-order valence-electron chi connectivity index (χ1n) is 11.3. The molecule has 0 bridgehead atoms. The topological polar surface area (TPSA) is 94.3 Å². The van der Waals surface area contributed by atoms with Gasteiger partial charge < -0.3 is 15.8 Å². The van der Waals surface area contributed by atoms with Gasteiger partial charge in [-0.15, -0.1) is 0 Å². The molecule has 188 valence electrons. The number of aromatic nitrogens is 1. The Hall–Kier alpha value is -4.66. The van der Waals surface area contributed by atoms with Crippen LogP contribution in [0, 0.1) is 17.5 Å². The summed E-state index contributed by atoms with van der Waals surface area (Å²) in [4.78, 5) is 28.9. The van der Waals surface area contributed by atoms with Crippen molar-refractivity contribution in [1.29, 1.82) is 0 Å². The molecule has 0 aliphatic carbocycles. The number of halogens is 3. The largest absolute Gasteiger partial charge is 0.484 e. The molecule has 3 aromatic carbocycles. The summed E-state index contributed by atoms with van der Waals surface area (Å²) >= 11 is 0. The smallest absolute Gasteiger partial charge is 0.258 e. The number of primary amides is 1. The molecule has 0 aliphatic heterocycles. The Morgan fingerprint density at radius 3 is 2.35 bits per heavy atom. The number of amides is 2. The minimum atomic E-state index is -0.942. The van der Waals surface area contributed by atoms with E-state index in [1.165, 1.54) is 18.3 Å². The fourth-order valence-corrected chi connectivity index (χ4v) is 3.90. The lowest BCUT2D eigenvalue weighted by molar-refractivity contribution is -0.123. The van der Waals surface area contributed by atoms with Crippen LogP contribution in [0.5, 0.6) is 5.75 Å². The van der Waals surface area contributed by atoms with Crippen LogP contribution in [0.2, 0.25) is 0 Å². The van der Waals surface area contributed by atoms with Crippen LogP contribution in [0.15, 0.2) is 85.1 Å². The molecule has 9 heteroatoms. The van der Waals surface area contributed by atoms with Gasteiger partial charge in [-0.05, 0) is 60.0 Å². The van der Waals surface area contributed by atoms with Gasteiger partial charge in [-0.3, -0.25) is 14.6 Å². The summed E-state index contributed by atoms with van der Waals surface area (Å²) in [5.41, 5.74) is 6.49. The number of benzene rings is 3. The van der Waals surface area contributed by atoms with E-state index in [4.69, 9.17) is 10.5 Å². The zero-order chi connectivity index (χ0) is 26.4. The average molecular weight is 505 g/mol. The number of pyridine rings is 1. The lowest BCUT2D eigenvalue weighted by atomic mass is 9.94. The van der Waals surface area contributed by atoms with Crippen molar-refractivity contribution in [2.75, 3.05) is 6.61 Å². The number of hydrogen-bond donors (Lipinski definition) is 2. The van der Waals surface area contributed by atoms with Crippen molar-refractivity contribution in [3.63, 3.8) is 0 Å². The average Bonchev–Trinajstić information content (AvgIpc) is 2.87. The predicted molar refractivity (Wildman–Crippen MR) is 131 cm³/mol. The minimum Gasteiger partial charge on any atom is -0.484 e. The quantitative estimate of drug-likeness (QED) is 0.344. The van der Waals surface area contributed by atoms with E-state index in [1.807, 2.05) is 6.07 Å². The highest BCUT2D eigenvalue weighted by atomic mass is 19.1. The van der Waals surface area contributed by atoms with E-state index in [0.29, 0.717) is 22.6 Å². The van der Waals surface area contributed by atoms with Crippen LogP contribution < -0.4 is 15.8 Å². The maximum atomic E-state index is 14.1. The van der Waals surface area contributed by atoms with E-state index in [-0.39, 0.29) is 24.2 Å². The maximum Gasteiger partial charge on any atom is 0.258 e. The van der Waals surface area contributed by atoms with Gasteiger partial charge in [-0.2, -0.15) is 0 Å². The Balaban J connectivity index is 1.69. The Morgan fingerprint density at radius 1 is 0.919 bits per heavy atom.